The van der Waals surface area contributed by atoms with E-state index in [1.807, 2.05) is 0 Å². The van der Waals surface area contributed by atoms with Crippen molar-refractivity contribution in [1.82, 2.24) is 0 Å². The Morgan fingerprint density at radius 2 is 2.43 bits per heavy atom. The van der Waals surface area contributed by atoms with Crippen molar-refractivity contribution in [2.24, 2.45) is 0 Å². The first-order valence-corrected chi connectivity index (χ1v) is 1.48. The molecule has 1 radical (unpaired) electrons. The van der Waals surface area contributed by atoms with Gasteiger partial charge in [0.05, 0.1) is 0 Å². The molecule has 0 aromatic heterocycles. The van der Waals surface area contributed by atoms with E-state index in [9.17, 15) is 4.79 Å². The molecule has 7 heavy (non-hydrogen) atoms. The lowest BCUT2D eigenvalue weighted by Gasteiger charge is -1.84. The Hall–Kier alpha value is -1.06. The van der Waals surface area contributed by atoms with Crippen molar-refractivity contribution >= 4 is 12.4 Å². The highest BCUT2D eigenvalue weighted by atomic mass is 16.5. The van der Waals surface area contributed by atoms with Gasteiger partial charge in [0.1, 0.15) is 0 Å². The Labute approximate surface area is 39.7 Å². The zero-order valence-electron chi connectivity index (χ0n) is 3.38. The first-order valence-electron chi connectivity index (χ1n) is 1.48. The summed E-state index contributed by atoms with van der Waals surface area (Å²) in [6.07, 6.45) is 0. The second kappa shape index (κ2) is 3.14. The molecule has 0 saturated carbocycles. The summed E-state index contributed by atoms with van der Waals surface area (Å²) in [7, 11) is 0. The van der Waals surface area contributed by atoms with Gasteiger partial charge in [0, 0.05) is 0 Å². The van der Waals surface area contributed by atoms with E-state index in [-0.39, 0.29) is 0 Å². The Kier molecular flexibility index (Phi) is 2.67. The topological polar surface area (TPSA) is 63.6 Å². The van der Waals surface area contributed by atoms with E-state index in [0.717, 1.165) is 6.47 Å². The Morgan fingerprint density at radius 1 is 1.86 bits per heavy atom. The predicted molar refractivity (Wildman–Crippen MR) is 19.3 cm³/mol. The molecule has 0 unspecified atom stereocenters. The molecule has 0 rings (SSSR count). The van der Waals surface area contributed by atoms with Crippen molar-refractivity contribution in [3.8, 4) is 0 Å². The third-order valence-electron chi connectivity index (χ3n) is 0.255. The molecule has 0 heterocycles. The predicted octanol–water partition coefficient (Wildman–Crippen LogP) is -0.845. The smallest absolute Gasteiger partial charge is 0.418 e. The Morgan fingerprint density at radius 3 is 2.57 bits per heavy atom. The summed E-state index contributed by atoms with van der Waals surface area (Å²) in [5.41, 5.74) is 0. The van der Waals surface area contributed by atoms with Gasteiger partial charge in [-0.3, -0.25) is 0 Å². The highest BCUT2D eigenvalue weighted by Crippen LogP contribution is 1.63. The number of hydrogen-bond acceptors (Lipinski definition) is 3. The van der Waals surface area contributed by atoms with Crippen LogP contribution in [0, 0.1) is 0 Å². The van der Waals surface area contributed by atoms with Crippen LogP contribution in [0.15, 0.2) is 0 Å². The van der Waals surface area contributed by atoms with Crippen LogP contribution in [0.1, 0.15) is 0 Å². The van der Waals surface area contributed by atoms with Crippen LogP contribution in [0.2, 0.25) is 0 Å². The summed E-state index contributed by atoms with van der Waals surface area (Å²) >= 11 is 0. The summed E-state index contributed by atoms with van der Waals surface area (Å²) in [6.45, 7) is 0.361. The number of carboxylic acid groups (broad SMARTS) is 1. The fraction of sp³-hybridized carbons (Fsp3) is 0.333. The average Bonchev–Trinajstić information content (AvgIpc) is 1.61. The molecule has 0 saturated heterocycles. The number of carbonyl (C=O) groups excluding carboxylic acids is 1. The molecular weight excluding hydrogens is 100 g/mol. The fourth-order valence-electron chi connectivity index (χ4n) is 0.0912. The van der Waals surface area contributed by atoms with Crippen LogP contribution in [0.25, 0.3) is 0 Å². The second-order valence-electron chi connectivity index (χ2n) is 0.766. The Bertz CT molecular complexity index is 77.0. The largest absolute Gasteiger partial charge is 0.479 e. The van der Waals surface area contributed by atoms with Crippen LogP contribution in [-0.4, -0.2) is 24.2 Å². The van der Waals surface area contributed by atoms with Gasteiger partial charge in [0.15, 0.2) is 6.61 Å². The summed E-state index contributed by atoms with van der Waals surface area (Å²) in [5, 5.41) is 7.74. The molecule has 0 aromatic rings. The highest BCUT2D eigenvalue weighted by molar-refractivity contribution is 5.69. The van der Waals surface area contributed by atoms with Crippen molar-refractivity contribution in [3.05, 3.63) is 0 Å². The number of rotatable bonds is 3. The number of ether oxygens (including phenoxy) is 1. The maximum atomic E-state index is 9.45. The lowest BCUT2D eigenvalue weighted by molar-refractivity contribution is -0.139. The van der Waals surface area contributed by atoms with Gasteiger partial charge >= 0.3 is 12.4 Å². The van der Waals surface area contributed by atoms with Gasteiger partial charge in [0.25, 0.3) is 0 Å². The van der Waals surface area contributed by atoms with Crippen molar-refractivity contribution in [1.29, 1.82) is 0 Å². The van der Waals surface area contributed by atoms with Crippen LogP contribution in [0.5, 0.6) is 0 Å². The monoisotopic (exact) mass is 103 g/mol. The summed E-state index contributed by atoms with van der Waals surface area (Å²) < 4.78 is 3.69. The van der Waals surface area contributed by atoms with Gasteiger partial charge in [-0.1, -0.05) is 0 Å². The molecule has 39 valence electrons. The standard InChI is InChI=1S/C3H3O4/c4-2-7-1-3(5)6/h1H2,(H,5,6). The SMILES string of the molecule is O=[C]OCC(=O)O. The van der Waals surface area contributed by atoms with Crippen LogP contribution in [0.3, 0.4) is 0 Å². The number of carbonyl (C=O) groups is 1. The minimum Gasteiger partial charge on any atom is -0.479 e. The molecule has 0 atom stereocenters. The average molecular weight is 103 g/mol. The molecule has 1 N–H and O–H groups in total. The first-order chi connectivity index (χ1) is 3.27. The van der Waals surface area contributed by atoms with Crippen LogP contribution < -0.4 is 0 Å². The van der Waals surface area contributed by atoms with Crippen LogP contribution in [0.4, 0.5) is 0 Å². The Balaban J connectivity index is 2.97. The summed E-state index contributed by atoms with van der Waals surface area (Å²) in [5.74, 6) is -1.18. The van der Waals surface area contributed by atoms with Crippen molar-refractivity contribution in [3.63, 3.8) is 0 Å². The van der Waals surface area contributed by atoms with Crippen molar-refractivity contribution in [2.45, 2.75) is 0 Å². The fourth-order valence-corrected chi connectivity index (χ4v) is 0.0912. The minimum atomic E-state index is -1.18. The zero-order chi connectivity index (χ0) is 5.70. The van der Waals surface area contributed by atoms with Crippen LogP contribution in [-0.2, 0) is 14.3 Å². The van der Waals surface area contributed by atoms with Gasteiger partial charge in [-0.25, -0.2) is 9.59 Å². The van der Waals surface area contributed by atoms with E-state index in [4.69, 9.17) is 9.90 Å². The number of carboxylic acids is 1. The number of hydrogen-bond donors (Lipinski definition) is 1. The van der Waals surface area contributed by atoms with E-state index in [1.54, 1.807) is 0 Å². The van der Waals surface area contributed by atoms with E-state index in [1.165, 1.54) is 0 Å². The minimum absolute atomic E-state index is 0.608. The molecule has 0 fully saturated rings. The molecule has 0 aliphatic heterocycles. The van der Waals surface area contributed by atoms with Crippen LogP contribution >= 0.6 is 0 Å². The molecule has 0 amide bonds. The van der Waals surface area contributed by atoms with E-state index in [0.29, 0.717) is 0 Å². The van der Waals surface area contributed by atoms with Crippen molar-refractivity contribution < 1.29 is 19.4 Å². The van der Waals surface area contributed by atoms with Gasteiger partial charge in [-0.2, -0.15) is 0 Å². The van der Waals surface area contributed by atoms with E-state index in [2.05, 4.69) is 4.74 Å². The first kappa shape index (κ1) is 5.94. The molecular formula is C3H3O4. The molecule has 4 nitrogen and oxygen atoms in total. The van der Waals surface area contributed by atoms with Gasteiger partial charge in [-0.05, 0) is 0 Å². The van der Waals surface area contributed by atoms with Gasteiger partial charge in [-0.15, -0.1) is 0 Å². The second-order valence-corrected chi connectivity index (χ2v) is 0.766. The molecule has 4 heteroatoms. The normalized spacial score (nSPS) is 7.43. The lowest BCUT2D eigenvalue weighted by atomic mass is 10.8. The number of aliphatic carboxylic acids is 1. The zero-order valence-corrected chi connectivity index (χ0v) is 3.38. The maximum absolute atomic E-state index is 9.45. The van der Waals surface area contributed by atoms with E-state index >= 15 is 0 Å². The van der Waals surface area contributed by atoms with Gasteiger partial charge < -0.3 is 9.84 Å². The molecule has 0 aromatic carbocycles. The van der Waals surface area contributed by atoms with E-state index < -0.39 is 12.6 Å². The molecule has 0 spiro atoms. The molecule has 0 aliphatic rings. The quantitative estimate of drug-likeness (QED) is 0.505. The highest BCUT2D eigenvalue weighted by Gasteiger charge is 1.92. The molecule has 0 aliphatic carbocycles. The molecule has 0 bridgehead atoms. The third kappa shape index (κ3) is 4.94. The lowest BCUT2D eigenvalue weighted by Crippen LogP contribution is -2.04. The maximum Gasteiger partial charge on any atom is 0.418 e. The summed E-state index contributed by atoms with van der Waals surface area (Å²) in [6, 6.07) is 0. The van der Waals surface area contributed by atoms with Crippen molar-refractivity contribution in [2.75, 3.05) is 6.61 Å². The summed E-state index contributed by atoms with van der Waals surface area (Å²) in [4.78, 5) is 18.6. The van der Waals surface area contributed by atoms with Gasteiger partial charge in [0.2, 0.25) is 0 Å². The third-order valence-corrected chi connectivity index (χ3v) is 0.255.